The summed E-state index contributed by atoms with van der Waals surface area (Å²) in [6.07, 6.45) is 0.933. The van der Waals surface area contributed by atoms with Crippen molar-refractivity contribution >= 4 is 36.6 Å². The van der Waals surface area contributed by atoms with Crippen molar-refractivity contribution in [2.75, 3.05) is 0 Å². The van der Waals surface area contributed by atoms with Crippen LogP contribution in [0.15, 0.2) is 54.6 Å². The van der Waals surface area contributed by atoms with E-state index >= 15 is 0 Å². The molecule has 0 N–H and O–H groups in total. The Morgan fingerprint density at radius 1 is 1.00 bits per heavy atom. The second kappa shape index (κ2) is 7.24. The van der Waals surface area contributed by atoms with E-state index in [1.54, 1.807) is 12.1 Å². The van der Waals surface area contributed by atoms with Gasteiger partial charge in [0, 0.05) is 12.1 Å². The van der Waals surface area contributed by atoms with Crippen molar-refractivity contribution in [2.24, 2.45) is 0 Å². The molecule has 5 heteroatoms. The van der Waals surface area contributed by atoms with Crippen LogP contribution < -0.4 is 5.30 Å². The Morgan fingerprint density at radius 3 is 2.17 bits per heavy atom. The highest BCUT2D eigenvalue weighted by molar-refractivity contribution is 8.93. The third kappa shape index (κ3) is 4.21. The Balaban J connectivity index is 0.00000162. The van der Waals surface area contributed by atoms with Crippen LogP contribution in [0, 0.1) is 10.1 Å². The zero-order valence-electron chi connectivity index (χ0n) is 9.58. The molecule has 94 valence electrons. The third-order valence-corrected chi connectivity index (χ3v) is 3.74. The highest BCUT2D eigenvalue weighted by Gasteiger charge is 2.03. The van der Waals surface area contributed by atoms with Gasteiger partial charge in [-0.15, -0.1) is 17.0 Å². The summed E-state index contributed by atoms with van der Waals surface area (Å²) in [7, 11) is 0.703. The lowest BCUT2D eigenvalue weighted by atomic mass is 10.2. The molecule has 0 aliphatic heterocycles. The van der Waals surface area contributed by atoms with Crippen LogP contribution in [-0.4, -0.2) is 4.92 Å². The number of halogens is 1. The first-order chi connectivity index (χ1) is 8.25. The fourth-order valence-corrected chi connectivity index (χ4v) is 2.57. The number of nitro groups is 1. The van der Waals surface area contributed by atoms with E-state index in [0.29, 0.717) is 8.58 Å². The molecule has 0 aliphatic carbocycles. The number of benzene rings is 2. The van der Waals surface area contributed by atoms with Crippen LogP contribution >= 0.6 is 25.6 Å². The SMILES string of the molecule is Br.O=[N+]([O-])c1ccc(CPc2ccccc2)cc1. The molecule has 2 rings (SSSR count). The lowest BCUT2D eigenvalue weighted by Crippen LogP contribution is -1.93. The second-order valence-electron chi connectivity index (χ2n) is 3.64. The van der Waals surface area contributed by atoms with Crippen molar-refractivity contribution < 1.29 is 4.92 Å². The van der Waals surface area contributed by atoms with E-state index in [-0.39, 0.29) is 27.6 Å². The highest BCUT2D eigenvalue weighted by Crippen LogP contribution is 2.20. The van der Waals surface area contributed by atoms with Gasteiger partial charge in [0.1, 0.15) is 0 Å². The van der Waals surface area contributed by atoms with Gasteiger partial charge in [0.25, 0.3) is 5.69 Å². The van der Waals surface area contributed by atoms with Crippen LogP contribution in [0.1, 0.15) is 5.56 Å². The largest absolute Gasteiger partial charge is 0.269 e. The van der Waals surface area contributed by atoms with E-state index in [2.05, 4.69) is 12.1 Å². The highest BCUT2D eigenvalue weighted by atomic mass is 79.9. The number of hydrogen-bond acceptors (Lipinski definition) is 2. The Labute approximate surface area is 118 Å². The summed E-state index contributed by atoms with van der Waals surface area (Å²) in [6.45, 7) is 0. The van der Waals surface area contributed by atoms with Crippen molar-refractivity contribution in [1.82, 2.24) is 0 Å². The quantitative estimate of drug-likeness (QED) is 0.489. The molecule has 3 nitrogen and oxygen atoms in total. The Hall–Kier alpha value is -1.25. The first kappa shape index (κ1) is 14.8. The zero-order valence-corrected chi connectivity index (χ0v) is 12.3. The zero-order chi connectivity index (χ0) is 12.1. The van der Waals surface area contributed by atoms with Crippen LogP contribution in [0.2, 0.25) is 0 Å². The molecule has 0 spiro atoms. The molecule has 0 saturated carbocycles. The first-order valence-electron chi connectivity index (χ1n) is 5.28. The molecule has 1 atom stereocenters. The van der Waals surface area contributed by atoms with Gasteiger partial charge in [-0.25, -0.2) is 0 Å². The van der Waals surface area contributed by atoms with Crippen molar-refractivity contribution in [3.63, 3.8) is 0 Å². The fourth-order valence-electron chi connectivity index (χ4n) is 1.50. The molecule has 18 heavy (non-hydrogen) atoms. The minimum atomic E-state index is -0.372. The van der Waals surface area contributed by atoms with Crippen molar-refractivity contribution in [3.05, 3.63) is 70.3 Å². The topological polar surface area (TPSA) is 43.1 Å². The molecule has 0 saturated heterocycles. The molecular formula is C13H13BrNO2P. The third-order valence-electron chi connectivity index (χ3n) is 2.42. The summed E-state index contributed by atoms with van der Waals surface area (Å²) in [5.41, 5.74) is 1.29. The van der Waals surface area contributed by atoms with Crippen molar-refractivity contribution in [2.45, 2.75) is 6.16 Å². The van der Waals surface area contributed by atoms with Gasteiger partial charge in [-0.3, -0.25) is 10.1 Å². The maximum Gasteiger partial charge on any atom is 0.269 e. The van der Waals surface area contributed by atoms with Crippen LogP contribution in [0.25, 0.3) is 0 Å². The van der Waals surface area contributed by atoms with Gasteiger partial charge in [-0.05, 0) is 17.0 Å². The molecule has 0 fully saturated rings. The molecular weight excluding hydrogens is 313 g/mol. The summed E-state index contributed by atoms with van der Waals surface area (Å²) in [6, 6.07) is 17.0. The van der Waals surface area contributed by atoms with Gasteiger partial charge < -0.3 is 0 Å². The molecule has 0 amide bonds. The average molecular weight is 326 g/mol. The molecule has 0 heterocycles. The maximum atomic E-state index is 10.5. The fraction of sp³-hybridized carbons (Fsp3) is 0.0769. The number of non-ortho nitro benzene ring substituents is 1. The monoisotopic (exact) mass is 325 g/mol. The normalized spacial score (nSPS) is 10.2. The van der Waals surface area contributed by atoms with Crippen LogP contribution in [0.4, 0.5) is 5.69 Å². The van der Waals surface area contributed by atoms with E-state index in [1.807, 2.05) is 30.3 Å². The minimum Gasteiger partial charge on any atom is -0.258 e. The Bertz CT molecular complexity index is 502. The lowest BCUT2D eigenvalue weighted by Gasteiger charge is -2.02. The predicted molar refractivity (Wildman–Crippen MR) is 81.5 cm³/mol. The second-order valence-corrected chi connectivity index (χ2v) is 4.93. The number of nitrogens with zero attached hydrogens (tertiary/aromatic N) is 1. The van der Waals surface area contributed by atoms with Gasteiger partial charge >= 0.3 is 0 Å². The van der Waals surface area contributed by atoms with Crippen LogP contribution in [0.5, 0.6) is 0 Å². The summed E-state index contributed by atoms with van der Waals surface area (Å²) < 4.78 is 0. The number of rotatable bonds is 4. The molecule has 2 aromatic rings. The van der Waals surface area contributed by atoms with Crippen LogP contribution in [-0.2, 0) is 6.16 Å². The van der Waals surface area contributed by atoms with Gasteiger partial charge in [-0.2, -0.15) is 0 Å². The lowest BCUT2D eigenvalue weighted by molar-refractivity contribution is -0.384. The Kier molecular flexibility index (Phi) is 5.96. The van der Waals surface area contributed by atoms with E-state index < -0.39 is 0 Å². The number of hydrogen-bond donors (Lipinski definition) is 0. The van der Waals surface area contributed by atoms with Crippen molar-refractivity contribution in [1.29, 1.82) is 0 Å². The Morgan fingerprint density at radius 2 is 1.61 bits per heavy atom. The maximum absolute atomic E-state index is 10.5. The van der Waals surface area contributed by atoms with E-state index in [4.69, 9.17) is 0 Å². The molecule has 0 aromatic heterocycles. The van der Waals surface area contributed by atoms with E-state index in [1.165, 1.54) is 5.30 Å². The molecule has 0 bridgehead atoms. The first-order valence-corrected chi connectivity index (χ1v) is 6.49. The van der Waals surface area contributed by atoms with Gasteiger partial charge in [-0.1, -0.05) is 51.0 Å². The summed E-state index contributed by atoms with van der Waals surface area (Å²) in [4.78, 5) is 10.1. The predicted octanol–water partition coefficient (Wildman–Crippen LogP) is 3.68. The average Bonchev–Trinajstić information content (AvgIpc) is 2.38. The summed E-state index contributed by atoms with van der Waals surface area (Å²) in [5, 5.41) is 11.8. The van der Waals surface area contributed by atoms with E-state index in [0.717, 1.165) is 11.7 Å². The standard InChI is InChI=1S/C13H12NO2P.BrH/c15-14(16)12-8-6-11(7-9-12)10-17-13-4-2-1-3-5-13;/h1-9,17H,10H2;1H. The van der Waals surface area contributed by atoms with Crippen LogP contribution in [0.3, 0.4) is 0 Å². The number of nitro benzene ring substituents is 1. The smallest absolute Gasteiger partial charge is 0.258 e. The van der Waals surface area contributed by atoms with Crippen molar-refractivity contribution in [3.8, 4) is 0 Å². The minimum absolute atomic E-state index is 0. The van der Waals surface area contributed by atoms with E-state index in [9.17, 15) is 10.1 Å². The molecule has 2 aromatic carbocycles. The summed E-state index contributed by atoms with van der Waals surface area (Å²) in [5.74, 6) is 0. The molecule has 0 aliphatic rings. The van der Waals surface area contributed by atoms with Gasteiger partial charge in [0.15, 0.2) is 0 Å². The molecule has 1 unspecified atom stereocenters. The van der Waals surface area contributed by atoms with Gasteiger partial charge in [0.2, 0.25) is 0 Å². The van der Waals surface area contributed by atoms with Gasteiger partial charge in [0.05, 0.1) is 4.92 Å². The summed E-state index contributed by atoms with van der Waals surface area (Å²) >= 11 is 0. The molecule has 0 radical (unpaired) electrons.